The van der Waals surface area contributed by atoms with Gasteiger partial charge in [0.2, 0.25) is 0 Å². The molecule has 3 heterocycles. The number of ether oxygens (including phenoxy) is 2. The van der Waals surface area contributed by atoms with Crippen LogP contribution in [0.5, 0.6) is 5.75 Å². The number of nitrogens with zero attached hydrogens (tertiary/aromatic N) is 2. The third-order valence-corrected chi connectivity index (χ3v) is 5.65. The maximum atomic E-state index is 12.7. The van der Waals surface area contributed by atoms with Crippen molar-refractivity contribution >= 4 is 11.9 Å². The number of amides is 1. The van der Waals surface area contributed by atoms with Crippen LogP contribution in [0.25, 0.3) is 0 Å². The number of hydrogen-bond acceptors (Lipinski definition) is 6. The Morgan fingerprint density at radius 2 is 2.00 bits per heavy atom. The van der Waals surface area contributed by atoms with E-state index in [4.69, 9.17) is 13.9 Å². The zero-order valence-corrected chi connectivity index (χ0v) is 16.6. The number of carbonyl (C=O) groups excluding carboxylic acids is 2. The fraction of sp³-hybridized carbons (Fsp3) is 0.455. The summed E-state index contributed by atoms with van der Waals surface area (Å²) >= 11 is 0. The molecular weight excluding hydrogens is 372 g/mol. The van der Waals surface area contributed by atoms with Gasteiger partial charge < -0.3 is 18.8 Å². The van der Waals surface area contributed by atoms with Crippen molar-refractivity contribution in [3.8, 4) is 5.75 Å². The van der Waals surface area contributed by atoms with Crippen LogP contribution in [-0.2, 0) is 22.6 Å². The van der Waals surface area contributed by atoms with E-state index in [0.29, 0.717) is 25.5 Å². The highest BCUT2D eigenvalue weighted by atomic mass is 16.5. The number of carbonyl (C=O) groups is 2. The van der Waals surface area contributed by atoms with Gasteiger partial charge in [0, 0.05) is 18.7 Å². The summed E-state index contributed by atoms with van der Waals surface area (Å²) in [5.41, 5.74) is 2.18. The van der Waals surface area contributed by atoms with Crippen LogP contribution in [0, 0.1) is 5.92 Å². The summed E-state index contributed by atoms with van der Waals surface area (Å²) in [5, 5.41) is 0. The van der Waals surface area contributed by atoms with Crippen LogP contribution in [0.3, 0.4) is 0 Å². The van der Waals surface area contributed by atoms with Gasteiger partial charge in [0.05, 0.1) is 25.8 Å². The van der Waals surface area contributed by atoms with Gasteiger partial charge >= 0.3 is 5.97 Å². The van der Waals surface area contributed by atoms with Crippen LogP contribution in [0.1, 0.15) is 34.5 Å². The second kappa shape index (κ2) is 8.69. The average Bonchev–Trinajstić information content (AvgIpc) is 3.20. The summed E-state index contributed by atoms with van der Waals surface area (Å²) in [6, 6.07) is 9.60. The largest absolute Gasteiger partial charge is 0.491 e. The Morgan fingerprint density at radius 3 is 2.72 bits per heavy atom. The number of esters is 1. The third-order valence-electron chi connectivity index (χ3n) is 5.65. The van der Waals surface area contributed by atoms with E-state index in [1.54, 1.807) is 17.0 Å². The van der Waals surface area contributed by atoms with Crippen molar-refractivity contribution in [2.45, 2.75) is 25.9 Å². The zero-order chi connectivity index (χ0) is 20.2. The van der Waals surface area contributed by atoms with Gasteiger partial charge in [-0.2, -0.15) is 0 Å². The lowest BCUT2D eigenvalue weighted by Crippen LogP contribution is -2.36. The van der Waals surface area contributed by atoms with Gasteiger partial charge in [0.1, 0.15) is 12.4 Å². The number of likely N-dealkylation sites (tertiary alicyclic amines) is 1. The number of rotatable bonds is 4. The lowest BCUT2D eigenvalue weighted by molar-refractivity contribution is -0.147. The van der Waals surface area contributed by atoms with E-state index in [2.05, 4.69) is 17.0 Å². The van der Waals surface area contributed by atoms with Crippen molar-refractivity contribution in [3.63, 3.8) is 0 Å². The molecule has 7 heteroatoms. The van der Waals surface area contributed by atoms with Crippen molar-refractivity contribution < 1.29 is 23.5 Å². The Morgan fingerprint density at radius 1 is 1.17 bits per heavy atom. The van der Waals surface area contributed by atoms with E-state index in [1.165, 1.54) is 18.9 Å². The van der Waals surface area contributed by atoms with Crippen molar-refractivity contribution in [2.75, 3.05) is 33.4 Å². The number of benzene rings is 1. The lowest BCUT2D eigenvalue weighted by Gasteiger charge is -2.30. The van der Waals surface area contributed by atoms with E-state index in [1.807, 2.05) is 6.07 Å². The summed E-state index contributed by atoms with van der Waals surface area (Å²) in [6.07, 6.45) is 3.16. The zero-order valence-electron chi connectivity index (χ0n) is 16.6. The van der Waals surface area contributed by atoms with Crippen LogP contribution in [0.2, 0.25) is 0 Å². The van der Waals surface area contributed by atoms with Gasteiger partial charge in [-0.05, 0) is 55.8 Å². The van der Waals surface area contributed by atoms with Gasteiger partial charge in [0.15, 0.2) is 5.76 Å². The molecular formula is C22H26N2O5. The molecule has 7 nitrogen and oxygen atoms in total. The molecule has 2 aliphatic rings. The highest BCUT2D eigenvalue weighted by molar-refractivity contribution is 5.91. The maximum Gasteiger partial charge on any atom is 0.308 e. The second-order valence-corrected chi connectivity index (χ2v) is 7.57. The lowest BCUT2D eigenvalue weighted by atomic mass is 9.96. The molecule has 0 atom stereocenters. The Balaban J connectivity index is 1.42. The fourth-order valence-electron chi connectivity index (χ4n) is 4.03. The summed E-state index contributed by atoms with van der Waals surface area (Å²) in [4.78, 5) is 28.5. The molecule has 154 valence electrons. The van der Waals surface area contributed by atoms with Gasteiger partial charge in [-0.3, -0.25) is 14.5 Å². The number of hydrogen-bond donors (Lipinski definition) is 0. The Bertz CT molecular complexity index is 856. The minimum atomic E-state index is -0.123. The fourth-order valence-corrected chi connectivity index (χ4v) is 4.03. The van der Waals surface area contributed by atoms with Crippen LogP contribution in [-0.4, -0.2) is 55.0 Å². The van der Waals surface area contributed by atoms with Crippen molar-refractivity contribution in [3.05, 3.63) is 53.5 Å². The highest BCUT2D eigenvalue weighted by Gasteiger charge is 2.26. The van der Waals surface area contributed by atoms with Gasteiger partial charge in [-0.1, -0.05) is 6.07 Å². The van der Waals surface area contributed by atoms with Crippen LogP contribution in [0.15, 0.2) is 41.0 Å². The minimum Gasteiger partial charge on any atom is -0.491 e. The number of methoxy groups -OCH3 is 1. The third kappa shape index (κ3) is 4.45. The summed E-state index contributed by atoms with van der Waals surface area (Å²) < 4.78 is 16.0. The topological polar surface area (TPSA) is 72.2 Å². The SMILES string of the molecule is COC(=O)C1CCN(Cc2ccc3c(c2)CN(C(=O)c2ccco2)CCO3)CC1. The quantitative estimate of drug-likeness (QED) is 0.738. The summed E-state index contributed by atoms with van der Waals surface area (Å²) in [5.74, 6) is 0.957. The Kier molecular flexibility index (Phi) is 5.85. The first-order chi connectivity index (χ1) is 14.1. The molecule has 0 aliphatic carbocycles. The Labute approximate surface area is 170 Å². The normalized spacial score (nSPS) is 17.9. The first-order valence-electron chi connectivity index (χ1n) is 10.0. The highest BCUT2D eigenvalue weighted by Crippen LogP contribution is 2.27. The van der Waals surface area contributed by atoms with Crippen molar-refractivity contribution in [2.24, 2.45) is 5.92 Å². The van der Waals surface area contributed by atoms with E-state index < -0.39 is 0 Å². The Hall–Kier alpha value is -2.80. The summed E-state index contributed by atoms with van der Waals surface area (Å²) in [6.45, 7) is 4.03. The minimum absolute atomic E-state index is 0.0119. The van der Waals surface area contributed by atoms with Crippen LogP contribution < -0.4 is 4.74 Å². The molecule has 0 spiro atoms. The number of furan rings is 1. The number of piperidine rings is 1. The first kappa shape index (κ1) is 19.5. The molecule has 1 saturated heterocycles. The molecule has 2 aliphatic heterocycles. The standard InChI is InChI=1S/C22H26N2O5/c1-27-22(26)17-6-8-23(9-7-17)14-16-4-5-19-18(13-16)15-24(10-12-29-19)21(25)20-3-2-11-28-20/h2-5,11,13,17H,6-10,12,14-15H2,1H3. The molecule has 1 aromatic carbocycles. The molecule has 0 radical (unpaired) electrons. The van der Waals surface area contributed by atoms with Crippen LogP contribution in [0.4, 0.5) is 0 Å². The summed E-state index contributed by atoms with van der Waals surface area (Å²) in [7, 11) is 1.45. The second-order valence-electron chi connectivity index (χ2n) is 7.57. The number of fused-ring (bicyclic) bond motifs is 1. The van der Waals surface area contributed by atoms with E-state index >= 15 is 0 Å². The predicted octanol–water partition coefficient (Wildman–Crippen LogP) is 2.70. The molecule has 29 heavy (non-hydrogen) atoms. The van der Waals surface area contributed by atoms with Gasteiger partial charge in [-0.25, -0.2) is 0 Å². The molecule has 1 amide bonds. The molecule has 0 saturated carbocycles. The van der Waals surface area contributed by atoms with Crippen molar-refractivity contribution in [1.82, 2.24) is 9.80 Å². The first-order valence-corrected chi connectivity index (χ1v) is 10.0. The molecule has 0 unspecified atom stereocenters. The smallest absolute Gasteiger partial charge is 0.308 e. The molecule has 0 bridgehead atoms. The average molecular weight is 398 g/mol. The molecule has 1 aromatic heterocycles. The van der Waals surface area contributed by atoms with E-state index in [-0.39, 0.29) is 17.8 Å². The predicted molar refractivity (Wildman–Crippen MR) is 105 cm³/mol. The molecule has 0 N–H and O–H groups in total. The monoisotopic (exact) mass is 398 g/mol. The van der Waals surface area contributed by atoms with Gasteiger partial charge in [-0.15, -0.1) is 0 Å². The van der Waals surface area contributed by atoms with Crippen LogP contribution >= 0.6 is 0 Å². The molecule has 2 aromatic rings. The van der Waals surface area contributed by atoms with Gasteiger partial charge in [0.25, 0.3) is 5.91 Å². The molecule has 4 rings (SSSR count). The van der Waals surface area contributed by atoms with E-state index in [9.17, 15) is 9.59 Å². The van der Waals surface area contributed by atoms with E-state index in [0.717, 1.165) is 43.8 Å². The molecule has 1 fully saturated rings. The van der Waals surface area contributed by atoms with Crippen molar-refractivity contribution in [1.29, 1.82) is 0 Å². The maximum absolute atomic E-state index is 12.7.